The van der Waals surface area contributed by atoms with Crippen molar-refractivity contribution in [2.24, 2.45) is 17.6 Å². The summed E-state index contributed by atoms with van der Waals surface area (Å²) < 4.78 is 19.9. The third-order valence-electron chi connectivity index (χ3n) is 3.93. The van der Waals surface area contributed by atoms with Crippen LogP contribution in [0, 0.1) is 11.8 Å². The van der Waals surface area contributed by atoms with Gasteiger partial charge in [0.1, 0.15) is 5.67 Å². The summed E-state index contributed by atoms with van der Waals surface area (Å²) in [6.45, 7) is 3.05. The smallest absolute Gasteiger partial charge is 0.137 e. The van der Waals surface area contributed by atoms with Gasteiger partial charge in [-0.25, -0.2) is 4.39 Å². The van der Waals surface area contributed by atoms with Crippen LogP contribution in [0.2, 0.25) is 0 Å². The van der Waals surface area contributed by atoms with Crippen molar-refractivity contribution in [1.82, 2.24) is 0 Å². The SMILES string of the molecule is COCC(F)(CCCN)C1CCC(C)CC1. The first-order valence-electron chi connectivity index (χ1n) is 6.50. The van der Waals surface area contributed by atoms with Crippen LogP contribution in [0.4, 0.5) is 4.39 Å². The average molecular weight is 231 g/mol. The Morgan fingerprint density at radius 2 is 1.94 bits per heavy atom. The quantitative estimate of drug-likeness (QED) is 0.763. The number of halogens is 1. The minimum atomic E-state index is -1.14. The number of alkyl halides is 1. The molecule has 0 bridgehead atoms. The fourth-order valence-corrected chi connectivity index (χ4v) is 2.81. The summed E-state index contributed by atoms with van der Waals surface area (Å²) in [7, 11) is 1.59. The molecule has 2 N–H and O–H groups in total. The van der Waals surface area contributed by atoms with Gasteiger partial charge in [-0.05, 0) is 44.1 Å². The molecule has 0 saturated heterocycles. The summed E-state index contributed by atoms with van der Waals surface area (Å²) >= 11 is 0. The first-order chi connectivity index (χ1) is 7.62. The number of hydrogen-bond donors (Lipinski definition) is 1. The summed E-state index contributed by atoms with van der Waals surface area (Å²) in [6.07, 6.45) is 5.63. The van der Waals surface area contributed by atoms with Crippen molar-refractivity contribution >= 4 is 0 Å². The molecule has 96 valence electrons. The Labute approximate surface area is 98.7 Å². The number of nitrogens with two attached hydrogens (primary N) is 1. The van der Waals surface area contributed by atoms with Gasteiger partial charge in [0.25, 0.3) is 0 Å². The Morgan fingerprint density at radius 3 is 2.44 bits per heavy atom. The van der Waals surface area contributed by atoms with Crippen LogP contribution in [0.15, 0.2) is 0 Å². The lowest BCUT2D eigenvalue weighted by Gasteiger charge is -2.37. The molecule has 16 heavy (non-hydrogen) atoms. The van der Waals surface area contributed by atoms with Gasteiger partial charge in [0.05, 0.1) is 6.61 Å². The van der Waals surface area contributed by atoms with Crippen LogP contribution in [0.1, 0.15) is 45.4 Å². The molecule has 1 atom stereocenters. The molecular weight excluding hydrogens is 205 g/mol. The third-order valence-corrected chi connectivity index (χ3v) is 3.93. The maximum Gasteiger partial charge on any atom is 0.137 e. The summed E-state index contributed by atoms with van der Waals surface area (Å²) in [5.41, 5.74) is 4.33. The Bertz CT molecular complexity index is 192. The minimum absolute atomic E-state index is 0.176. The second kappa shape index (κ2) is 6.55. The van der Waals surface area contributed by atoms with Gasteiger partial charge in [0, 0.05) is 7.11 Å². The van der Waals surface area contributed by atoms with Crippen LogP contribution in [0.5, 0.6) is 0 Å². The van der Waals surface area contributed by atoms with Gasteiger partial charge in [-0.2, -0.15) is 0 Å². The molecule has 1 rings (SSSR count). The normalized spacial score (nSPS) is 30.0. The lowest BCUT2D eigenvalue weighted by Crippen LogP contribution is -2.40. The van der Waals surface area contributed by atoms with E-state index < -0.39 is 5.67 Å². The molecule has 1 fully saturated rings. The first kappa shape index (κ1) is 13.9. The molecule has 3 heteroatoms. The first-order valence-corrected chi connectivity index (χ1v) is 6.50. The summed E-state index contributed by atoms with van der Waals surface area (Å²) in [6, 6.07) is 0. The van der Waals surface area contributed by atoms with E-state index in [1.807, 2.05) is 0 Å². The van der Waals surface area contributed by atoms with Crippen molar-refractivity contribution in [3.05, 3.63) is 0 Å². The van der Waals surface area contributed by atoms with Gasteiger partial charge in [0.15, 0.2) is 0 Å². The summed E-state index contributed by atoms with van der Waals surface area (Å²) in [4.78, 5) is 0. The fourth-order valence-electron chi connectivity index (χ4n) is 2.81. The number of hydrogen-bond acceptors (Lipinski definition) is 2. The molecule has 0 spiro atoms. The highest BCUT2D eigenvalue weighted by Gasteiger charge is 2.39. The fraction of sp³-hybridized carbons (Fsp3) is 1.00. The van der Waals surface area contributed by atoms with E-state index in [2.05, 4.69) is 6.92 Å². The van der Waals surface area contributed by atoms with Gasteiger partial charge < -0.3 is 10.5 Å². The van der Waals surface area contributed by atoms with Gasteiger partial charge in [0.2, 0.25) is 0 Å². The molecule has 0 aliphatic heterocycles. The molecular formula is C13H26FNO. The van der Waals surface area contributed by atoms with Crippen LogP contribution in [0.25, 0.3) is 0 Å². The topological polar surface area (TPSA) is 35.2 Å². The number of ether oxygens (including phenoxy) is 1. The Kier molecular flexibility index (Phi) is 5.70. The van der Waals surface area contributed by atoms with E-state index in [0.717, 1.165) is 38.0 Å². The third kappa shape index (κ3) is 3.70. The molecule has 1 unspecified atom stereocenters. The highest BCUT2D eigenvalue weighted by atomic mass is 19.1. The summed E-state index contributed by atoms with van der Waals surface area (Å²) in [5.74, 6) is 0.938. The maximum atomic E-state index is 14.8. The zero-order valence-electron chi connectivity index (χ0n) is 10.7. The predicted octanol–water partition coefficient (Wildman–Crippen LogP) is 2.91. The van der Waals surface area contributed by atoms with Gasteiger partial charge >= 0.3 is 0 Å². The highest BCUT2D eigenvalue weighted by Crippen LogP contribution is 2.40. The number of rotatable bonds is 6. The van der Waals surface area contributed by atoms with Crippen molar-refractivity contribution in [3.8, 4) is 0 Å². The standard InChI is InChI=1S/C13H26FNO/c1-11-4-6-12(7-5-11)13(14,10-16-2)8-3-9-15/h11-12H,3-10,15H2,1-2H3. The molecule has 0 amide bonds. The molecule has 2 nitrogen and oxygen atoms in total. The number of methoxy groups -OCH3 is 1. The van der Waals surface area contributed by atoms with Crippen molar-refractivity contribution in [1.29, 1.82) is 0 Å². The molecule has 0 heterocycles. The molecule has 0 aromatic carbocycles. The monoisotopic (exact) mass is 231 g/mol. The van der Waals surface area contributed by atoms with E-state index in [0.29, 0.717) is 13.0 Å². The molecule has 0 radical (unpaired) electrons. The van der Waals surface area contributed by atoms with Crippen LogP contribution >= 0.6 is 0 Å². The van der Waals surface area contributed by atoms with E-state index in [4.69, 9.17) is 10.5 Å². The molecule has 0 aromatic rings. The Balaban J connectivity index is 2.53. The van der Waals surface area contributed by atoms with Crippen molar-refractivity contribution in [2.45, 2.75) is 51.1 Å². The molecule has 1 aliphatic carbocycles. The average Bonchev–Trinajstić information content (AvgIpc) is 2.27. The van der Waals surface area contributed by atoms with Crippen molar-refractivity contribution in [2.75, 3.05) is 20.3 Å². The zero-order chi connectivity index (χ0) is 12.0. The highest BCUT2D eigenvalue weighted by molar-refractivity contribution is 4.89. The Hall–Kier alpha value is -0.150. The largest absolute Gasteiger partial charge is 0.381 e. The summed E-state index contributed by atoms with van der Waals surface area (Å²) in [5, 5.41) is 0. The lowest BCUT2D eigenvalue weighted by atomic mass is 9.73. The van der Waals surface area contributed by atoms with Crippen LogP contribution in [-0.4, -0.2) is 25.9 Å². The minimum Gasteiger partial charge on any atom is -0.381 e. The van der Waals surface area contributed by atoms with Crippen LogP contribution in [-0.2, 0) is 4.74 Å². The van der Waals surface area contributed by atoms with Crippen LogP contribution in [0.3, 0.4) is 0 Å². The predicted molar refractivity (Wildman–Crippen MR) is 65.1 cm³/mol. The second-order valence-electron chi connectivity index (χ2n) is 5.32. The van der Waals surface area contributed by atoms with Gasteiger partial charge in [-0.15, -0.1) is 0 Å². The lowest BCUT2D eigenvalue weighted by molar-refractivity contribution is -0.0286. The zero-order valence-corrected chi connectivity index (χ0v) is 10.7. The van der Waals surface area contributed by atoms with E-state index in [1.54, 1.807) is 7.11 Å². The van der Waals surface area contributed by atoms with Crippen molar-refractivity contribution < 1.29 is 9.13 Å². The molecule has 1 saturated carbocycles. The Morgan fingerprint density at radius 1 is 1.31 bits per heavy atom. The van der Waals surface area contributed by atoms with Crippen LogP contribution < -0.4 is 5.73 Å². The molecule has 1 aliphatic rings. The molecule has 0 aromatic heterocycles. The van der Waals surface area contributed by atoms with E-state index in [1.165, 1.54) is 0 Å². The van der Waals surface area contributed by atoms with Gasteiger partial charge in [-0.3, -0.25) is 0 Å². The van der Waals surface area contributed by atoms with E-state index in [9.17, 15) is 4.39 Å². The van der Waals surface area contributed by atoms with E-state index in [-0.39, 0.29) is 12.5 Å². The second-order valence-corrected chi connectivity index (χ2v) is 5.32. The van der Waals surface area contributed by atoms with Gasteiger partial charge in [-0.1, -0.05) is 19.8 Å². The maximum absolute atomic E-state index is 14.8. The van der Waals surface area contributed by atoms with Crippen molar-refractivity contribution in [3.63, 3.8) is 0 Å². The van der Waals surface area contributed by atoms with E-state index >= 15 is 0 Å².